The van der Waals surface area contributed by atoms with E-state index in [1.807, 2.05) is 18.2 Å². The molecular weight excluding hydrogens is 415 g/mol. The van der Waals surface area contributed by atoms with Crippen molar-refractivity contribution in [3.05, 3.63) is 65.7 Å². The Morgan fingerprint density at radius 3 is 2.59 bits per heavy atom. The highest BCUT2D eigenvalue weighted by atomic mass is 32.2. The summed E-state index contributed by atoms with van der Waals surface area (Å²) in [6, 6.07) is 13.8. The van der Waals surface area contributed by atoms with Crippen LogP contribution in [0.2, 0.25) is 0 Å². The second-order valence-corrected chi connectivity index (χ2v) is 9.37. The van der Waals surface area contributed by atoms with Crippen molar-refractivity contribution in [1.82, 2.24) is 9.62 Å². The molecule has 0 aliphatic rings. The van der Waals surface area contributed by atoms with Gasteiger partial charge in [-0.3, -0.25) is 4.79 Å². The van der Waals surface area contributed by atoms with E-state index in [1.54, 1.807) is 31.3 Å². The van der Waals surface area contributed by atoms with E-state index in [9.17, 15) is 17.6 Å². The SMILES string of the molecule is CN(CCNS(C)(=O)=O)C(=O)c1oc2ccccc2c1CSc1ccccc1F. The summed E-state index contributed by atoms with van der Waals surface area (Å²) in [5, 5.41) is 0.794. The van der Waals surface area contributed by atoms with Crippen LogP contribution in [0.1, 0.15) is 16.1 Å². The molecule has 3 aromatic rings. The number of fused-ring (bicyclic) bond motifs is 1. The number of sulfonamides is 1. The molecule has 3 rings (SSSR count). The lowest BCUT2D eigenvalue weighted by molar-refractivity contribution is 0.0767. The second kappa shape index (κ2) is 8.98. The minimum Gasteiger partial charge on any atom is -0.451 e. The van der Waals surface area contributed by atoms with Crippen molar-refractivity contribution in [2.75, 3.05) is 26.4 Å². The number of amides is 1. The molecule has 0 saturated heterocycles. The Hall–Kier alpha value is -2.36. The van der Waals surface area contributed by atoms with Gasteiger partial charge in [0.2, 0.25) is 10.0 Å². The number of rotatable bonds is 8. The molecule has 0 unspecified atom stereocenters. The van der Waals surface area contributed by atoms with Crippen LogP contribution in [0.3, 0.4) is 0 Å². The molecular formula is C20H21FN2O4S2. The summed E-state index contributed by atoms with van der Waals surface area (Å²) in [5.41, 5.74) is 1.25. The smallest absolute Gasteiger partial charge is 0.289 e. The molecule has 0 bridgehead atoms. The zero-order chi connectivity index (χ0) is 21.0. The zero-order valence-corrected chi connectivity index (χ0v) is 17.6. The van der Waals surface area contributed by atoms with Gasteiger partial charge in [-0.15, -0.1) is 11.8 Å². The van der Waals surface area contributed by atoms with Gasteiger partial charge in [-0.1, -0.05) is 30.3 Å². The number of nitrogens with one attached hydrogen (secondary N) is 1. The van der Waals surface area contributed by atoms with Crippen molar-refractivity contribution >= 4 is 38.7 Å². The van der Waals surface area contributed by atoms with E-state index < -0.39 is 10.0 Å². The van der Waals surface area contributed by atoms with Crippen molar-refractivity contribution in [3.63, 3.8) is 0 Å². The van der Waals surface area contributed by atoms with E-state index in [2.05, 4.69) is 4.72 Å². The first-order chi connectivity index (χ1) is 13.8. The minimum atomic E-state index is -3.33. The van der Waals surface area contributed by atoms with Crippen molar-refractivity contribution in [1.29, 1.82) is 0 Å². The van der Waals surface area contributed by atoms with E-state index >= 15 is 0 Å². The number of furan rings is 1. The molecule has 0 aliphatic carbocycles. The Bertz CT molecular complexity index is 1130. The number of thioether (sulfide) groups is 1. The average Bonchev–Trinajstić information content (AvgIpc) is 3.04. The van der Waals surface area contributed by atoms with Gasteiger partial charge >= 0.3 is 0 Å². The molecule has 29 heavy (non-hydrogen) atoms. The third-order valence-corrected chi connectivity index (χ3v) is 6.06. The summed E-state index contributed by atoms with van der Waals surface area (Å²) in [4.78, 5) is 14.8. The van der Waals surface area contributed by atoms with Crippen LogP contribution < -0.4 is 4.72 Å². The Morgan fingerprint density at radius 2 is 1.86 bits per heavy atom. The van der Waals surface area contributed by atoms with Gasteiger partial charge in [-0.2, -0.15) is 0 Å². The molecule has 1 N–H and O–H groups in total. The van der Waals surface area contributed by atoms with Crippen molar-refractivity contribution in [2.45, 2.75) is 10.6 Å². The number of nitrogens with zero attached hydrogens (tertiary/aromatic N) is 1. The molecule has 1 amide bonds. The van der Waals surface area contributed by atoms with Crippen LogP contribution in [-0.4, -0.2) is 45.6 Å². The standard InChI is InChI=1S/C20H21FN2O4S2/c1-23(12-11-22-29(2,25)26)20(24)19-15(14-7-3-5-9-17(14)27-19)13-28-18-10-6-4-8-16(18)21/h3-10,22H,11-13H2,1-2H3. The largest absolute Gasteiger partial charge is 0.451 e. The van der Waals surface area contributed by atoms with Gasteiger partial charge in [0.1, 0.15) is 11.4 Å². The Balaban J connectivity index is 1.84. The van der Waals surface area contributed by atoms with E-state index in [0.29, 0.717) is 21.8 Å². The number of likely N-dealkylation sites (N-methyl/N-ethyl adjacent to an activating group) is 1. The second-order valence-electron chi connectivity index (χ2n) is 6.52. The fourth-order valence-electron chi connectivity index (χ4n) is 2.80. The normalized spacial score (nSPS) is 11.7. The van der Waals surface area contributed by atoms with E-state index in [0.717, 1.165) is 11.6 Å². The average molecular weight is 437 g/mol. The zero-order valence-electron chi connectivity index (χ0n) is 16.0. The molecule has 0 aliphatic heterocycles. The molecule has 0 saturated carbocycles. The van der Waals surface area contributed by atoms with Crippen molar-refractivity contribution in [2.24, 2.45) is 0 Å². The van der Waals surface area contributed by atoms with Crippen LogP contribution >= 0.6 is 11.8 Å². The number of benzene rings is 2. The molecule has 0 atom stereocenters. The summed E-state index contributed by atoms with van der Waals surface area (Å²) in [6.07, 6.45) is 1.06. The first-order valence-electron chi connectivity index (χ1n) is 8.84. The fourth-order valence-corrected chi connectivity index (χ4v) is 4.23. The van der Waals surface area contributed by atoms with Gasteiger partial charge in [0.25, 0.3) is 5.91 Å². The Labute approximate surface area is 173 Å². The van der Waals surface area contributed by atoms with Crippen LogP contribution in [0.25, 0.3) is 11.0 Å². The Kier molecular flexibility index (Phi) is 6.61. The summed E-state index contributed by atoms with van der Waals surface area (Å²) in [6.45, 7) is 0.281. The minimum absolute atomic E-state index is 0.0978. The van der Waals surface area contributed by atoms with Gasteiger partial charge < -0.3 is 9.32 Å². The molecule has 1 aromatic heterocycles. The summed E-state index contributed by atoms with van der Waals surface area (Å²) in [7, 11) is -1.76. The summed E-state index contributed by atoms with van der Waals surface area (Å²) < 4.78 is 44.6. The number of para-hydroxylation sites is 1. The molecule has 9 heteroatoms. The maximum atomic E-state index is 14.0. The summed E-state index contributed by atoms with van der Waals surface area (Å²) in [5.74, 6) is -0.145. The molecule has 0 fully saturated rings. The van der Waals surface area contributed by atoms with Gasteiger partial charge in [-0.25, -0.2) is 17.5 Å². The molecule has 6 nitrogen and oxygen atoms in total. The highest BCUT2D eigenvalue weighted by Gasteiger charge is 2.23. The highest BCUT2D eigenvalue weighted by Crippen LogP contribution is 2.33. The first kappa shape index (κ1) is 21.4. The summed E-state index contributed by atoms with van der Waals surface area (Å²) >= 11 is 1.29. The van der Waals surface area contributed by atoms with Crippen molar-refractivity contribution in [3.8, 4) is 0 Å². The van der Waals surface area contributed by atoms with Gasteiger partial charge in [-0.05, 0) is 18.2 Å². The third-order valence-electron chi connectivity index (χ3n) is 4.26. The van der Waals surface area contributed by atoms with E-state index in [4.69, 9.17) is 4.42 Å². The van der Waals surface area contributed by atoms with Crippen LogP contribution in [0.5, 0.6) is 0 Å². The van der Waals surface area contributed by atoms with Crippen LogP contribution in [0.15, 0.2) is 57.8 Å². The predicted molar refractivity (Wildman–Crippen MR) is 112 cm³/mol. The van der Waals surface area contributed by atoms with Gasteiger partial charge in [0, 0.05) is 41.7 Å². The quantitative estimate of drug-likeness (QED) is 0.547. The lowest BCUT2D eigenvalue weighted by atomic mass is 10.1. The fraction of sp³-hybridized carbons (Fsp3) is 0.250. The topological polar surface area (TPSA) is 79.6 Å². The van der Waals surface area contributed by atoms with Gasteiger partial charge in [0.15, 0.2) is 5.76 Å². The third kappa shape index (κ3) is 5.37. The van der Waals surface area contributed by atoms with Crippen molar-refractivity contribution < 1.29 is 22.0 Å². The van der Waals surface area contributed by atoms with Crippen LogP contribution in [-0.2, 0) is 15.8 Å². The number of halogens is 1. The maximum absolute atomic E-state index is 14.0. The Morgan fingerprint density at radius 1 is 1.17 bits per heavy atom. The molecule has 2 aromatic carbocycles. The molecule has 154 valence electrons. The number of carbonyl (C=O) groups is 1. The number of carbonyl (C=O) groups excluding carboxylic acids is 1. The van der Waals surface area contributed by atoms with Gasteiger partial charge in [0.05, 0.1) is 6.26 Å². The first-order valence-corrected chi connectivity index (χ1v) is 11.7. The molecule has 0 spiro atoms. The van der Waals surface area contributed by atoms with E-state index in [1.165, 1.54) is 22.7 Å². The lowest BCUT2D eigenvalue weighted by Gasteiger charge is -2.16. The number of hydrogen-bond acceptors (Lipinski definition) is 5. The molecule has 1 heterocycles. The van der Waals surface area contributed by atoms with Crippen LogP contribution in [0, 0.1) is 5.82 Å². The maximum Gasteiger partial charge on any atom is 0.289 e. The molecule has 0 radical (unpaired) electrons. The monoisotopic (exact) mass is 436 g/mol. The van der Waals surface area contributed by atoms with E-state index in [-0.39, 0.29) is 30.6 Å². The lowest BCUT2D eigenvalue weighted by Crippen LogP contribution is -2.35. The highest BCUT2D eigenvalue weighted by molar-refractivity contribution is 7.98. The predicted octanol–water partition coefficient (Wildman–Crippen LogP) is 3.49. The number of hydrogen-bond donors (Lipinski definition) is 1. The van der Waals surface area contributed by atoms with Crippen LogP contribution in [0.4, 0.5) is 4.39 Å².